The van der Waals surface area contributed by atoms with Crippen molar-refractivity contribution < 1.29 is 22.8 Å². The molecular weight excluding hydrogens is 533 g/mol. The SMILES string of the molecule is CCN1C(=O)[C@@H](NC(=O)c2cccc(C(F)(F)F)c2)[C@H](c2cccc(CNC#N)c2)c2cnn(-c3ccccc3)c21. The van der Waals surface area contributed by atoms with Crippen molar-refractivity contribution in [3.63, 3.8) is 0 Å². The van der Waals surface area contributed by atoms with Crippen molar-refractivity contribution in [3.8, 4) is 11.9 Å². The van der Waals surface area contributed by atoms with Crippen LogP contribution in [0, 0.1) is 11.5 Å². The lowest BCUT2D eigenvalue weighted by Gasteiger charge is -2.38. The number of aromatic nitrogens is 2. The molecule has 0 unspecified atom stereocenters. The number of rotatable bonds is 7. The predicted molar refractivity (Wildman–Crippen MR) is 145 cm³/mol. The van der Waals surface area contributed by atoms with E-state index in [1.54, 1.807) is 23.9 Å². The third-order valence-electron chi connectivity index (χ3n) is 6.96. The molecule has 0 saturated carbocycles. The fraction of sp³-hybridized carbons (Fsp3) is 0.200. The zero-order chi connectivity index (χ0) is 29.1. The van der Waals surface area contributed by atoms with Crippen molar-refractivity contribution in [3.05, 3.63) is 113 Å². The van der Waals surface area contributed by atoms with E-state index in [0.717, 1.165) is 29.4 Å². The number of benzene rings is 3. The number of nitrogens with one attached hydrogen (secondary N) is 2. The van der Waals surface area contributed by atoms with Gasteiger partial charge < -0.3 is 10.6 Å². The smallest absolute Gasteiger partial charge is 0.339 e. The van der Waals surface area contributed by atoms with Crippen LogP contribution < -0.4 is 15.5 Å². The van der Waals surface area contributed by atoms with E-state index >= 15 is 0 Å². The molecule has 3 aromatic carbocycles. The highest BCUT2D eigenvalue weighted by Crippen LogP contribution is 2.41. The Hall–Kier alpha value is -5.11. The average Bonchev–Trinajstić information content (AvgIpc) is 3.41. The third-order valence-corrected chi connectivity index (χ3v) is 6.96. The standard InChI is InChI=1S/C30H25F3N6O2/c1-2-38-28-24(17-36-39(28)23-12-4-3-5-13-23)25(20-9-6-8-19(14-20)16-35-18-34)26(29(38)41)37-27(40)21-10-7-11-22(15-21)30(31,32)33/h3-15,17,25-26,35H,2,16H2,1H3,(H,37,40)/t25-,26+/m1/s1. The van der Waals surface area contributed by atoms with Crippen LogP contribution in [0.3, 0.4) is 0 Å². The molecule has 0 spiro atoms. The number of nitrogens with zero attached hydrogens (tertiary/aromatic N) is 4. The minimum absolute atomic E-state index is 0.216. The Morgan fingerprint density at radius 3 is 2.51 bits per heavy atom. The minimum Gasteiger partial charge on any atom is -0.339 e. The lowest BCUT2D eigenvalue weighted by molar-refractivity contribution is -0.137. The molecule has 2 heterocycles. The Balaban J connectivity index is 1.62. The average molecular weight is 559 g/mol. The van der Waals surface area contributed by atoms with Gasteiger partial charge in [0, 0.05) is 30.1 Å². The zero-order valence-electron chi connectivity index (χ0n) is 21.9. The lowest BCUT2D eigenvalue weighted by Crippen LogP contribution is -2.55. The Morgan fingerprint density at radius 1 is 1.05 bits per heavy atom. The maximum absolute atomic E-state index is 14.1. The Bertz CT molecular complexity index is 1630. The van der Waals surface area contributed by atoms with Gasteiger partial charge in [0.05, 0.1) is 17.4 Å². The molecule has 2 amide bonds. The van der Waals surface area contributed by atoms with Gasteiger partial charge in [-0.3, -0.25) is 14.5 Å². The normalized spacial score (nSPS) is 16.6. The topological polar surface area (TPSA) is 103 Å². The first-order valence-electron chi connectivity index (χ1n) is 12.9. The summed E-state index contributed by atoms with van der Waals surface area (Å²) in [5.74, 6) is -1.41. The molecule has 0 saturated heterocycles. The number of hydrogen-bond donors (Lipinski definition) is 2. The maximum atomic E-state index is 14.1. The highest BCUT2D eigenvalue weighted by atomic mass is 19.4. The number of halogens is 3. The molecule has 1 aliphatic heterocycles. The van der Waals surface area contributed by atoms with E-state index in [1.807, 2.05) is 54.7 Å². The molecule has 1 aromatic heterocycles. The molecule has 2 N–H and O–H groups in total. The van der Waals surface area contributed by atoms with Gasteiger partial charge in [0.25, 0.3) is 11.8 Å². The van der Waals surface area contributed by atoms with Crippen LogP contribution in [0.15, 0.2) is 85.1 Å². The van der Waals surface area contributed by atoms with E-state index in [9.17, 15) is 22.8 Å². The van der Waals surface area contributed by atoms with E-state index in [4.69, 9.17) is 5.26 Å². The number of fused-ring (bicyclic) bond motifs is 1. The van der Waals surface area contributed by atoms with Gasteiger partial charge in [-0.25, -0.2) is 4.68 Å². The number of carbonyl (C=O) groups is 2. The summed E-state index contributed by atoms with van der Waals surface area (Å²) >= 11 is 0. The Morgan fingerprint density at radius 2 is 1.80 bits per heavy atom. The Labute approximate surface area is 234 Å². The zero-order valence-corrected chi connectivity index (χ0v) is 21.9. The fourth-order valence-corrected chi connectivity index (χ4v) is 5.12. The number of amides is 2. The van der Waals surface area contributed by atoms with Gasteiger partial charge in [0.15, 0.2) is 6.19 Å². The molecule has 2 atom stereocenters. The van der Waals surface area contributed by atoms with Crippen molar-refractivity contribution in [2.75, 3.05) is 11.4 Å². The molecule has 0 radical (unpaired) electrons. The fourth-order valence-electron chi connectivity index (χ4n) is 5.12. The first-order chi connectivity index (χ1) is 19.7. The van der Waals surface area contributed by atoms with Crippen LogP contribution in [-0.2, 0) is 17.5 Å². The van der Waals surface area contributed by atoms with Gasteiger partial charge in [-0.2, -0.15) is 23.5 Å². The minimum atomic E-state index is -4.63. The molecule has 0 aliphatic carbocycles. The van der Waals surface area contributed by atoms with Crippen LogP contribution in [0.2, 0.25) is 0 Å². The van der Waals surface area contributed by atoms with E-state index in [1.165, 1.54) is 11.0 Å². The molecule has 11 heteroatoms. The number of nitriles is 1. The number of alkyl halides is 3. The van der Waals surface area contributed by atoms with Crippen LogP contribution in [0.25, 0.3) is 5.69 Å². The molecule has 4 aromatic rings. The van der Waals surface area contributed by atoms with Crippen molar-refractivity contribution >= 4 is 17.6 Å². The highest BCUT2D eigenvalue weighted by Gasteiger charge is 2.44. The van der Waals surface area contributed by atoms with Crippen LogP contribution >= 0.6 is 0 Å². The van der Waals surface area contributed by atoms with Crippen LogP contribution in [0.5, 0.6) is 0 Å². The molecule has 0 bridgehead atoms. The van der Waals surface area contributed by atoms with Crippen LogP contribution in [0.4, 0.5) is 19.0 Å². The van der Waals surface area contributed by atoms with E-state index in [0.29, 0.717) is 16.9 Å². The molecule has 0 fully saturated rings. The van der Waals surface area contributed by atoms with Crippen LogP contribution in [-0.4, -0.2) is 34.2 Å². The van der Waals surface area contributed by atoms with Crippen molar-refractivity contribution in [1.29, 1.82) is 5.26 Å². The second-order valence-electron chi connectivity index (χ2n) is 9.47. The molecule has 8 nitrogen and oxygen atoms in total. The first kappa shape index (κ1) is 27.5. The Kier molecular flexibility index (Phi) is 7.48. The highest BCUT2D eigenvalue weighted by molar-refractivity contribution is 6.05. The summed E-state index contributed by atoms with van der Waals surface area (Å²) in [7, 11) is 0. The van der Waals surface area contributed by atoms with E-state index in [-0.39, 0.29) is 18.7 Å². The quantitative estimate of drug-likeness (QED) is 0.252. The second kappa shape index (κ2) is 11.2. The van der Waals surface area contributed by atoms with Gasteiger partial charge in [-0.1, -0.05) is 48.5 Å². The molecule has 5 rings (SSSR count). The summed E-state index contributed by atoms with van der Waals surface area (Å²) in [6.45, 7) is 2.31. The number of likely N-dealkylation sites (N-methyl/N-ethyl adjacent to an activating group) is 1. The molecule has 208 valence electrons. The number of hydrogen-bond acceptors (Lipinski definition) is 5. The predicted octanol–water partition coefficient (Wildman–Crippen LogP) is 4.76. The van der Waals surface area contributed by atoms with Crippen molar-refractivity contribution in [1.82, 2.24) is 20.4 Å². The summed E-state index contributed by atoms with van der Waals surface area (Å²) in [5.41, 5.74) is 1.67. The number of carbonyl (C=O) groups excluding carboxylic acids is 2. The van der Waals surface area contributed by atoms with Gasteiger partial charge in [-0.05, 0) is 48.4 Å². The molecule has 41 heavy (non-hydrogen) atoms. The lowest BCUT2D eigenvalue weighted by atomic mass is 9.81. The summed E-state index contributed by atoms with van der Waals surface area (Å²) in [5, 5.41) is 18.9. The number of para-hydroxylation sites is 1. The monoisotopic (exact) mass is 558 g/mol. The van der Waals surface area contributed by atoms with Gasteiger partial charge in [0.1, 0.15) is 11.9 Å². The third kappa shape index (κ3) is 5.36. The summed E-state index contributed by atoms with van der Waals surface area (Å²) in [6.07, 6.45) is -1.10. The van der Waals surface area contributed by atoms with Gasteiger partial charge in [-0.15, -0.1) is 0 Å². The van der Waals surface area contributed by atoms with Crippen molar-refractivity contribution in [2.45, 2.75) is 31.6 Å². The summed E-state index contributed by atoms with van der Waals surface area (Å²) < 4.78 is 41.7. The second-order valence-corrected chi connectivity index (χ2v) is 9.47. The first-order valence-corrected chi connectivity index (χ1v) is 12.9. The summed E-state index contributed by atoms with van der Waals surface area (Å²) in [6, 6.07) is 19.5. The van der Waals surface area contributed by atoms with E-state index in [2.05, 4.69) is 15.7 Å². The van der Waals surface area contributed by atoms with Crippen LogP contribution in [0.1, 0.15) is 45.5 Å². The van der Waals surface area contributed by atoms with Gasteiger partial charge >= 0.3 is 6.18 Å². The molecule has 1 aliphatic rings. The largest absolute Gasteiger partial charge is 0.416 e. The van der Waals surface area contributed by atoms with E-state index < -0.39 is 35.5 Å². The van der Waals surface area contributed by atoms with Crippen molar-refractivity contribution in [2.24, 2.45) is 0 Å². The number of anilines is 1. The van der Waals surface area contributed by atoms with Gasteiger partial charge in [0.2, 0.25) is 0 Å². The summed E-state index contributed by atoms with van der Waals surface area (Å²) in [4.78, 5) is 28.9. The maximum Gasteiger partial charge on any atom is 0.416 e. The molecular formula is C30H25F3N6O2.